The van der Waals surface area contributed by atoms with Crippen LogP contribution in [0.1, 0.15) is 29.5 Å². The number of hydrogen-bond donors (Lipinski definition) is 3. The maximum Gasteiger partial charge on any atom is 0.408 e. The number of hydrogen-bond acceptors (Lipinski definition) is 6. The Morgan fingerprint density at radius 1 is 0.951 bits per heavy atom. The van der Waals surface area contributed by atoms with Gasteiger partial charge in [0.1, 0.15) is 24.5 Å². The van der Waals surface area contributed by atoms with Gasteiger partial charge < -0.3 is 26.0 Å². The summed E-state index contributed by atoms with van der Waals surface area (Å²) in [6, 6.07) is 24.9. The summed E-state index contributed by atoms with van der Waals surface area (Å²) >= 11 is 0. The Labute approximate surface area is 238 Å². The van der Waals surface area contributed by atoms with Crippen LogP contribution in [0.4, 0.5) is 10.6 Å². The fraction of sp³-hybridized carbons (Fsp3) is 0.250. The van der Waals surface area contributed by atoms with E-state index in [4.69, 9.17) is 10.5 Å². The van der Waals surface area contributed by atoms with Gasteiger partial charge in [-0.05, 0) is 47.1 Å². The molecule has 1 aliphatic heterocycles. The average molecular weight is 552 g/mol. The van der Waals surface area contributed by atoms with Gasteiger partial charge in [0.05, 0.1) is 0 Å². The van der Waals surface area contributed by atoms with Gasteiger partial charge in [0, 0.05) is 31.1 Å². The summed E-state index contributed by atoms with van der Waals surface area (Å²) in [5.74, 6) is -0.0760. The molecular formula is C32H33N5O4. The van der Waals surface area contributed by atoms with Crippen LogP contribution in [0, 0.1) is 0 Å². The molecule has 2 heterocycles. The summed E-state index contributed by atoms with van der Waals surface area (Å²) in [7, 11) is 0. The number of amides is 3. The number of benzene rings is 3. The maximum absolute atomic E-state index is 13.8. The summed E-state index contributed by atoms with van der Waals surface area (Å²) in [6.07, 6.45) is 2.49. The van der Waals surface area contributed by atoms with Crippen molar-refractivity contribution >= 4 is 34.5 Å². The number of rotatable bonds is 9. The molecule has 210 valence electrons. The van der Waals surface area contributed by atoms with E-state index in [0.717, 1.165) is 27.5 Å². The Morgan fingerprint density at radius 3 is 2.44 bits per heavy atom. The third-order valence-corrected chi connectivity index (χ3v) is 7.25. The molecule has 1 fully saturated rings. The molecule has 3 amide bonds. The van der Waals surface area contributed by atoms with Crippen molar-refractivity contribution in [2.45, 2.75) is 44.5 Å². The molecule has 1 aliphatic rings. The van der Waals surface area contributed by atoms with E-state index in [-0.39, 0.29) is 24.8 Å². The van der Waals surface area contributed by atoms with E-state index in [2.05, 4.69) is 15.6 Å². The molecule has 4 N–H and O–H groups in total. The Hall–Kier alpha value is -4.92. The normalized spacial score (nSPS) is 15.3. The highest BCUT2D eigenvalue weighted by atomic mass is 16.5. The second kappa shape index (κ2) is 13.0. The zero-order valence-electron chi connectivity index (χ0n) is 22.7. The highest BCUT2D eigenvalue weighted by Gasteiger charge is 2.37. The van der Waals surface area contributed by atoms with E-state index in [0.29, 0.717) is 31.7 Å². The first-order valence-corrected chi connectivity index (χ1v) is 13.7. The lowest BCUT2D eigenvalue weighted by molar-refractivity contribution is -0.140. The lowest BCUT2D eigenvalue weighted by Gasteiger charge is -2.28. The number of nitrogens with zero attached hydrogens (tertiary/aromatic N) is 2. The number of nitrogens with two attached hydrogens (primary N) is 1. The number of fused-ring (bicyclic) bond motifs is 1. The minimum Gasteiger partial charge on any atom is -0.445 e. The number of carbonyl (C=O) groups is 3. The van der Waals surface area contributed by atoms with Gasteiger partial charge in [0.15, 0.2) is 0 Å². The topological polar surface area (TPSA) is 127 Å². The van der Waals surface area contributed by atoms with Crippen LogP contribution in [-0.4, -0.2) is 46.4 Å². The van der Waals surface area contributed by atoms with Gasteiger partial charge in [-0.15, -0.1) is 0 Å². The molecule has 0 saturated carbocycles. The number of carbonyl (C=O) groups excluding carboxylic acids is 3. The zero-order valence-corrected chi connectivity index (χ0v) is 22.7. The number of aromatic nitrogens is 1. The third kappa shape index (κ3) is 7.00. The van der Waals surface area contributed by atoms with Crippen LogP contribution in [0.15, 0.2) is 91.1 Å². The van der Waals surface area contributed by atoms with Crippen LogP contribution >= 0.6 is 0 Å². The summed E-state index contributed by atoms with van der Waals surface area (Å²) in [4.78, 5) is 45.5. The SMILES string of the molecule is Nc1nccc2cc(CNC(=O)C3CCCN3C(=O)[C@@H](Cc3ccccc3)NC(=O)OCc3ccccc3)ccc12. The quantitative estimate of drug-likeness (QED) is 0.289. The first kappa shape index (κ1) is 27.6. The van der Waals surface area contributed by atoms with Crippen molar-refractivity contribution in [3.05, 3.63) is 108 Å². The lowest BCUT2D eigenvalue weighted by Crippen LogP contribution is -2.54. The zero-order chi connectivity index (χ0) is 28.6. The van der Waals surface area contributed by atoms with Crippen LogP contribution in [0.5, 0.6) is 0 Å². The lowest BCUT2D eigenvalue weighted by atomic mass is 10.0. The van der Waals surface area contributed by atoms with Gasteiger partial charge >= 0.3 is 6.09 Å². The number of pyridine rings is 1. The molecule has 2 atom stereocenters. The Morgan fingerprint density at radius 2 is 1.68 bits per heavy atom. The number of likely N-dealkylation sites (tertiary alicyclic amines) is 1. The summed E-state index contributed by atoms with van der Waals surface area (Å²) in [5, 5.41) is 7.53. The highest BCUT2D eigenvalue weighted by molar-refractivity contribution is 5.93. The first-order chi connectivity index (χ1) is 20.0. The van der Waals surface area contributed by atoms with Crippen molar-refractivity contribution in [3.8, 4) is 0 Å². The molecule has 0 bridgehead atoms. The standard InChI is InChI=1S/C32H33N5O4/c33-29-26-14-13-24(18-25(26)15-16-34-29)20-35-30(38)28-12-7-17-37(28)31(39)27(19-22-8-3-1-4-9-22)36-32(40)41-21-23-10-5-2-6-11-23/h1-6,8-11,13-16,18,27-28H,7,12,17,19-21H2,(H2,33,34)(H,35,38)(H,36,40)/t27-,28?/m1/s1. The predicted octanol–water partition coefficient (Wildman–Crippen LogP) is 3.96. The monoisotopic (exact) mass is 551 g/mol. The molecule has 9 heteroatoms. The van der Waals surface area contributed by atoms with E-state index in [9.17, 15) is 14.4 Å². The third-order valence-electron chi connectivity index (χ3n) is 7.25. The van der Waals surface area contributed by atoms with Crippen LogP contribution in [0.3, 0.4) is 0 Å². The van der Waals surface area contributed by atoms with Gasteiger partial charge in [-0.3, -0.25) is 9.59 Å². The molecule has 1 aromatic heterocycles. The summed E-state index contributed by atoms with van der Waals surface area (Å²) in [5.41, 5.74) is 8.60. The number of ether oxygens (including phenoxy) is 1. The fourth-order valence-electron chi connectivity index (χ4n) is 5.13. The molecule has 5 rings (SSSR count). The molecule has 1 saturated heterocycles. The maximum atomic E-state index is 13.8. The second-order valence-electron chi connectivity index (χ2n) is 10.1. The van der Waals surface area contributed by atoms with Crippen LogP contribution in [0.25, 0.3) is 10.8 Å². The molecule has 4 aromatic rings. The summed E-state index contributed by atoms with van der Waals surface area (Å²) < 4.78 is 5.40. The van der Waals surface area contributed by atoms with Crippen LogP contribution < -0.4 is 16.4 Å². The van der Waals surface area contributed by atoms with E-state index in [1.54, 1.807) is 11.1 Å². The average Bonchev–Trinajstić information content (AvgIpc) is 3.49. The minimum absolute atomic E-state index is 0.0888. The molecule has 3 aromatic carbocycles. The first-order valence-electron chi connectivity index (χ1n) is 13.7. The van der Waals surface area contributed by atoms with Crippen LogP contribution in [-0.2, 0) is 33.9 Å². The number of nitrogens with one attached hydrogen (secondary N) is 2. The number of anilines is 1. The van der Waals surface area contributed by atoms with E-state index in [1.807, 2.05) is 84.9 Å². The van der Waals surface area contributed by atoms with Gasteiger partial charge in [0.25, 0.3) is 0 Å². The molecule has 41 heavy (non-hydrogen) atoms. The van der Waals surface area contributed by atoms with Gasteiger partial charge in [0.2, 0.25) is 11.8 Å². The number of alkyl carbamates (subject to hydrolysis) is 1. The van der Waals surface area contributed by atoms with Gasteiger partial charge in [-0.1, -0.05) is 72.8 Å². The molecule has 0 spiro atoms. The number of nitrogen functional groups attached to an aromatic ring is 1. The molecule has 1 unspecified atom stereocenters. The van der Waals surface area contributed by atoms with Crippen molar-refractivity contribution < 1.29 is 19.1 Å². The molecule has 0 aliphatic carbocycles. The van der Waals surface area contributed by atoms with Crippen molar-refractivity contribution in [1.29, 1.82) is 0 Å². The fourth-order valence-corrected chi connectivity index (χ4v) is 5.13. The largest absolute Gasteiger partial charge is 0.445 e. The second-order valence-corrected chi connectivity index (χ2v) is 10.1. The Bertz CT molecular complexity index is 1510. The van der Waals surface area contributed by atoms with Gasteiger partial charge in [-0.25, -0.2) is 9.78 Å². The predicted molar refractivity (Wildman–Crippen MR) is 156 cm³/mol. The van der Waals surface area contributed by atoms with Crippen molar-refractivity contribution in [1.82, 2.24) is 20.5 Å². The smallest absolute Gasteiger partial charge is 0.408 e. The van der Waals surface area contributed by atoms with Crippen molar-refractivity contribution in [2.24, 2.45) is 0 Å². The van der Waals surface area contributed by atoms with E-state index >= 15 is 0 Å². The molecule has 9 nitrogen and oxygen atoms in total. The molecule has 0 radical (unpaired) electrons. The highest BCUT2D eigenvalue weighted by Crippen LogP contribution is 2.22. The Kier molecular flexibility index (Phi) is 8.73. The van der Waals surface area contributed by atoms with Crippen LogP contribution in [0.2, 0.25) is 0 Å². The van der Waals surface area contributed by atoms with Crippen molar-refractivity contribution in [3.63, 3.8) is 0 Å². The minimum atomic E-state index is -0.881. The van der Waals surface area contributed by atoms with Crippen molar-refractivity contribution in [2.75, 3.05) is 12.3 Å². The van der Waals surface area contributed by atoms with E-state index < -0.39 is 18.2 Å². The van der Waals surface area contributed by atoms with E-state index in [1.165, 1.54) is 0 Å². The molecular weight excluding hydrogens is 518 g/mol. The Balaban J connectivity index is 1.24. The van der Waals surface area contributed by atoms with Gasteiger partial charge in [-0.2, -0.15) is 0 Å². The summed E-state index contributed by atoms with van der Waals surface area (Å²) in [6.45, 7) is 0.837.